The van der Waals surface area contributed by atoms with Gasteiger partial charge >= 0.3 is 5.97 Å². The molecule has 0 saturated carbocycles. The number of aliphatic imine (C=N–C) groups is 1. The highest BCUT2D eigenvalue weighted by molar-refractivity contribution is 7.92. The van der Waals surface area contributed by atoms with E-state index in [9.17, 15) is 23.4 Å². The van der Waals surface area contributed by atoms with Crippen LogP contribution in [0.15, 0.2) is 71.7 Å². The molecule has 0 aliphatic rings. The van der Waals surface area contributed by atoms with Crippen molar-refractivity contribution in [1.29, 1.82) is 0 Å². The van der Waals surface area contributed by atoms with Gasteiger partial charge in [-0.25, -0.2) is 13.4 Å². The van der Waals surface area contributed by atoms with E-state index >= 15 is 0 Å². The van der Waals surface area contributed by atoms with Crippen LogP contribution >= 0.6 is 11.6 Å². The van der Waals surface area contributed by atoms with Crippen molar-refractivity contribution in [2.75, 3.05) is 37.7 Å². The highest BCUT2D eigenvalue weighted by Gasteiger charge is 2.21. The van der Waals surface area contributed by atoms with Gasteiger partial charge in [-0.15, -0.1) is 0 Å². The average molecular weight is 583 g/mol. The maximum absolute atomic E-state index is 12.5. The topological polar surface area (TPSA) is 126 Å². The molecule has 3 aromatic carbocycles. The molecule has 0 saturated heterocycles. The Labute approximate surface area is 238 Å². The number of sulfonamides is 1. The molecule has 0 aliphatic heterocycles. The Morgan fingerprint density at radius 2 is 1.75 bits per heavy atom. The Hall–Kier alpha value is -3.86. The molecule has 4 aromatic rings. The first-order valence-electron chi connectivity index (χ1n) is 12.6. The molecule has 1 aromatic heterocycles. The third-order valence-electron chi connectivity index (χ3n) is 6.28. The summed E-state index contributed by atoms with van der Waals surface area (Å²) in [6.07, 6.45) is 1.68. The van der Waals surface area contributed by atoms with Crippen LogP contribution in [0, 0.1) is 0 Å². The van der Waals surface area contributed by atoms with Crippen LogP contribution < -0.4 is 4.31 Å². The second-order valence-corrected chi connectivity index (χ2v) is 12.1. The van der Waals surface area contributed by atoms with E-state index in [2.05, 4.69) is 4.98 Å². The Morgan fingerprint density at radius 3 is 2.40 bits per heavy atom. The molecule has 0 fully saturated rings. The number of halogens is 1. The number of aliphatic carboxylic acids is 1. The van der Waals surface area contributed by atoms with Crippen molar-refractivity contribution in [2.45, 2.75) is 12.8 Å². The van der Waals surface area contributed by atoms with Gasteiger partial charge in [-0.1, -0.05) is 35.9 Å². The van der Waals surface area contributed by atoms with E-state index in [1.807, 2.05) is 19.0 Å². The van der Waals surface area contributed by atoms with Gasteiger partial charge in [0, 0.05) is 22.5 Å². The number of anilines is 1. The summed E-state index contributed by atoms with van der Waals surface area (Å²) in [4.78, 5) is 21.1. The van der Waals surface area contributed by atoms with Gasteiger partial charge in [0.15, 0.2) is 5.88 Å². The number of fused-ring (bicyclic) bond motifs is 1. The number of nitrogens with one attached hydrogen (secondary N) is 1. The number of hydrogen-bond donors (Lipinski definition) is 3. The van der Waals surface area contributed by atoms with Crippen LogP contribution in [0.3, 0.4) is 0 Å². The number of carboxylic acids is 1. The third-order valence-corrected chi connectivity index (χ3v) is 7.71. The zero-order valence-corrected chi connectivity index (χ0v) is 24.0. The minimum atomic E-state index is -3.50. The number of aromatic nitrogens is 1. The number of carboxylic acid groups (broad SMARTS) is 1. The lowest BCUT2D eigenvalue weighted by Crippen LogP contribution is -2.32. The first-order valence-corrected chi connectivity index (χ1v) is 14.8. The number of carbonyl (C=O) groups is 1. The molecule has 9 nitrogen and oxygen atoms in total. The van der Waals surface area contributed by atoms with Gasteiger partial charge in [0.05, 0.1) is 40.8 Å². The minimum Gasteiger partial charge on any atom is -0.494 e. The SMILES string of the molecule is CN(C)CCCN(c1ccc(N=C(c2cccc(CC(=O)O)c2)c2c(O)[nH]c3cc(Cl)ccc23)cc1)S(C)(=O)=O. The van der Waals surface area contributed by atoms with Gasteiger partial charge in [0.2, 0.25) is 10.0 Å². The molecule has 210 valence electrons. The van der Waals surface area contributed by atoms with Gasteiger partial charge in [-0.05, 0) is 75.1 Å². The van der Waals surface area contributed by atoms with E-state index in [-0.39, 0.29) is 12.3 Å². The zero-order valence-electron chi connectivity index (χ0n) is 22.4. The van der Waals surface area contributed by atoms with Crippen LogP contribution in [-0.4, -0.2) is 73.6 Å². The summed E-state index contributed by atoms with van der Waals surface area (Å²) >= 11 is 6.16. The fraction of sp³-hybridized carbons (Fsp3) is 0.241. The Bertz CT molecular complexity index is 1660. The van der Waals surface area contributed by atoms with Crippen molar-refractivity contribution in [2.24, 2.45) is 4.99 Å². The summed E-state index contributed by atoms with van der Waals surface area (Å²) in [5.41, 5.74) is 3.70. The first-order chi connectivity index (χ1) is 18.9. The molecule has 11 heteroatoms. The van der Waals surface area contributed by atoms with Gasteiger partial charge < -0.3 is 20.1 Å². The highest BCUT2D eigenvalue weighted by Crippen LogP contribution is 2.33. The Morgan fingerprint density at radius 1 is 1.02 bits per heavy atom. The van der Waals surface area contributed by atoms with Crippen molar-refractivity contribution in [1.82, 2.24) is 9.88 Å². The molecular weight excluding hydrogens is 552 g/mol. The molecule has 3 N–H and O–H groups in total. The largest absolute Gasteiger partial charge is 0.494 e. The number of H-pyrrole nitrogens is 1. The van der Waals surface area contributed by atoms with Crippen molar-refractivity contribution in [3.8, 4) is 5.88 Å². The number of nitrogens with zero attached hydrogens (tertiary/aromatic N) is 3. The van der Waals surface area contributed by atoms with E-state index < -0.39 is 16.0 Å². The summed E-state index contributed by atoms with van der Waals surface area (Å²) in [5, 5.41) is 21.4. The molecule has 40 heavy (non-hydrogen) atoms. The van der Waals surface area contributed by atoms with Crippen LogP contribution in [-0.2, 0) is 21.2 Å². The molecular formula is C29H31ClN4O5S. The smallest absolute Gasteiger partial charge is 0.307 e. The van der Waals surface area contributed by atoms with E-state index in [1.54, 1.807) is 66.7 Å². The molecule has 0 spiro atoms. The second-order valence-electron chi connectivity index (χ2n) is 9.78. The van der Waals surface area contributed by atoms with Crippen molar-refractivity contribution in [3.63, 3.8) is 0 Å². The molecule has 0 bridgehead atoms. The maximum atomic E-state index is 12.5. The van der Waals surface area contributed by atoms with E-state index in [4.69, 9.17) is 16.6 Å². The monoisotopic (exact) mass is 582 g/mol. The predicted molar refractivity (Wildman–Crippen MR) is 160 cm³/mol. The lowest BCUT2D eigenvalue weighted by atomic mass is 9.98. The van der Waals surface area contributed by atoms with E-state index in [1.165, 1.54) is 10.6 Å². The van der Waals surface area contributed by atoms with Crippen LogP contribution in [0.5, 0.6) is 5.88 Å². The van der Waals surface area contributed by atoms with E-state index in [0.29, 0.717) is 62.7 Å². The van der Waals surface area contributed by atoms with Gasteiger partial charge in [0.1, 0.15) is 0 Å². The van der Waals surface area contributed by atoms with Crippen molar-refractivity contribution < 1.29 is 23.4 Å². The lowest BCUT2D eigenvalue weighted by Gasteiger charge is -2.23. The molecule has 1 heterocycles. The summed E-state index contributed by atoms with van der Waals surface area (Å²) in [6, 6.07) is 19.0. The lowest BCUT2D eigenvalue weighted by molar-refractivity contribution is -0.136. The summed E-state index contributed by atoms with van der Waals surface area (Å²) in [7, 11) is 0.379. The normalized spacial score (nSPS) is 12.3. The zero-order chi connectivity index (χ0) is 29.0. The predicted octanol–water partition coefficient (Wildman–Crippen LogP) is 5.04. The fourth-order valence-corrected chi connectivity index (χ4v) is 5.64. The molecule has 4 rings (SSSR count). The third kappa shape index (κ3) is 7.01. The average Bonchev–Trinajstić information content (AvgIpc) is 3.19. The molecule has 0 amide bonds. The van der Waals surface area contributed by atoms with Gasteiger partial charge in [0.25, 0.3) is 0 Å². The standard InChI is InChI=1S/C29H31ClN4O5S/c1-33(2)14-5-15-34(40(3,38)39)23-11-9-22(10-12-23)31-28(20-7-4-6-19(16-20)17-26(35)36)27-24-13-8-21(30)18-25(24)32-29(27)37/h4,6-13,16,18,32,37H,5,14-15,17H2,1-3H3,(H,35,36). The second kappa shape index (κ2) is 12.1. The molecule has 0 unspecified atom stereocenters. The van der Waals surface area contributed by atoms with Crippen LogP contribution in [0.25, 0.3) is 10.9 Å². The fourth-order valence-electron chi connectivity index (χ4n) is 4.50. The highest BCUT2D eigenvalue weighted by atomic mass is 35.5. The molecule has 0 atom stereocenters. The summed E-state index contributed by atoms with van der Waals surface area (Å²) in [6.45, 7) is 1.09. The number of rotatable bonds is 11. The maximum Gasteiger partial charge on any atom is 0.307 e. The van der Waals surface area contributed by atoms with Gasteiger partial charge in [-0.2, -0.15) is 0 Å². The van der Waals surface area contributed by atoms with Crippen LogP contribution in [0.1, 0.15) is 23.1 Å². The van der Waals surface area contributed by atoms with Gasteiger partial charge in [-0.3, -0.25) is 9.10 Å². The first kappa shape index (κ1) is 29.1. The minimum absolute atomic E-state index is 0.111. The van der Waals surface area contributed by atoms with Crippen LogP contribution in [0.4, 0.5) is 11.4 Å². The molecule has 0 radical (unpaired) electrons. The molecule has 0 aliphatic carbocycles. The Kier molecular flexibility index (Phi) is 8.82. The summed E-state index contributed by atoms with van der Waals surface area (Å²) in [5.74, 6) is -1.07. The van der Waals surface area contributed by atoms with Crippen molar-refractivity contribution >= 4 is 55.6 Å². The number of aromatic hydroxyl groups is 1. The number of benzene rings is 3. The van der Waals surface area contributed by atoms with Crippen molar-refractivity contribution in [3.05, 3.63) is 88.4 Å². The Balaban J connectivity index is 1.80. The quantitative estimate of drug-likeness (QED) is 0.213. The number of aromatic amines is 1. The summed E-state index contributed by atoms with van der Waals surface area (Å²) < 4.78 is 26.4. The van der Waals surface area contributed by atoms with E-state index in [0.717, 1.165) is 6.54 Å². The number of hydrogen-bond acceptors (Lipinski definition) is 6. The van der Waals surface area contributed by atoms with Crippen LogP contribution in [0.2, 0.25) is 5.02 Å².